The van der Waals surface area contributed by atoms with Crippen LogP contribution in [0.3, 0.4) is 0 Å². The molecule has 0 fully saturated rings. The molecule has 0 bridgehead atoms. The smallest absolute Gasteiger partial charge is 0.258 e. The molecule has 72 valence electrons. The molecule has 1 aromatic carbocycles. The van der Waals surface area contributed by atoms with Gasteiger partial charge in [-0.05, 0) is 28.9 Å². The molecule has 0 spiro atoms. The van der Waals surface area contributed by atoms with Crippen LogP contribution >= 0.6 is 27.3 Å². The van der Waals surface area contributed by atoms with Crippen molar-refractivity contribution in [2.75, 3.05) is 0 Å². The second-order valence-electron chi connectivity index (χ2n) is 2.91. The summed E-state index contributed by atoms with van der Waals surface area (Å²) in [7, 11) is 0. The molecule has 0 saturated heterocycles. The van der Waals surface area contributed by atoms with Gasteiger partial charge in [0, 0.05) is 31.6 Å². The van der Waals surface area contributed by atoms with Gasteiger partial charge in [0.25, 0.3) is 5.69 Å². The number of hydrogen-bond acceptors (Lipinski definition) is 3. The van der Waals surface area contributed by atoms with E-state index in [0.29, 0.717) is 0 Å². The highest BCUT2D eigenvalue weighted by Gasteiger charge is 2.11. The van der Waals surface area contributed by atoms with Gasteiger partial charge >= 0.3 is 0 Å². The predicted octanol–water partition coefficient (Wildman–Crippen LogP) is 3.88. The van der Waals surface area contributed by atoms with E-state index in [2.05, 4.69) is 15.9 Å². The number of thiophene rings is 1. The van der Waals surface area contributed by atoms with Crippen molar-refractivity contribution >= 4 is 43.0 Å². The Hall–Kier alpha value is -0.940. The maximum absolute atomic E-state index is 10.6. The number of nitro benzene ring substituents is 1. The van der Waals surface area contributed by atoms with Gasteiger partial charge in [-0.3, -0.25) is 10.1 Å². The summed E-state index contributed by atoms with van der Waals surface area (Å²) >= 11 is 5.05. The Kier molecular flexibility index (Phi) is 2.28. The summed E-state index contributed by atoms with van der Waals surface area (Å²) in [6.45, 7) is 1.99. The van der Waals surface area contributed by atoms with E-state index in [9.17, 15) is 10.1 Å². The molecule has 0 aliphatic heterocycles. The first-order valence-corrected chi connectivity index (χ1v) is 5.53. The quantitative estimate of drug-likeness (QED) is 0.584. The zero-order valence-electron chi connectivity index (χ0n) is 7.28. The molecule has 0 saturated carbocycles. The second kappa shape index (κ2) is 3.33. The van der Waals surface area contributed by atoms with E-state index in [4.69, 9.17) is 0 Å². The molecule has 14 heavy (non-hydrogen) atoms. The summed E-state index contributed by atoms with van der Waals surface area (Å²) in [4.78, 5) is 11.3. The fraction of sp³-hybridized carbons (Fsp3) is 0.111. The molecule has 5 heteroatoms. The van der Waals surface area contributed by atoms with Gasteiger partial charge in [0.15, 0.2) is 0 Å². The average molecular weight is 272 g/mol. The molecule has 0 aliphatic carbocycles. The zero-order valence-corrected chi connectivity index (χ0v) is 9.68. The number of rotatable bonds is 1. The predicted molar refractivity (Wildman–Crippen MR) is 60.9 cm³/mol. The minimum atomic E-state index is -0.376. The van der Waals surface area contributed by atoms with Gasteiger partial charge in [-0.2, -0.15) is 0 Å². The Morgan fingerprint density at radius 1 is 1.50 bits per heavy atom. The Labute approximate surface area is 92.6 Å². The van der Waals surface area contributed by atoms with Crippen LogP contribution < -0.4 is 0 Å². The zero-order chi connectivity index (χ0) is 10.3. The number of nitro groups is 1. The molecule has 0 amide bonds. The van der Waals surface area contributed by atoms with Crippen molar-refractivity contribution in [3.05, 3.63) is 37.7 Å². The van der Waals surface area contributed by atoms with Crippen molar-refractivity contribution in [1.82, 2.24) is 0 Å². The summed E-state index contributed by atoms with van der Waals surface area (Å²) in [5.74, 6) is 0. The summed E-state index contributed by atoms with van der Waals surface area (Å²) in [6.07, 6.45) is 0. The van der Waals surface area contributed by atoms with Gasteiger partial charge in [0.2, 0.25) is 0 Å². The third kappa shape index (κ3) is 1.42. The molecule has 0 atom stereocenters. The van der Waals surface area contributed by atoms with Crippen molar-refractivity contribution in [1.29, 1.82) is 0 Å². The monoisotopic (exact) mass is 271 g/mol. The van der Waals surface area contributed by atoms with Gasteiger partial charge in [-0.15, -0.1) is 11.3 Å². The lowest BCUT2D eigenvalue weighted by Gasteiger charge is -1.92. The van der Waals surface area contributed by atoms with Crippen molar-refractivity contribution in [2.24, 2.45) is 0 Å². The fourth-order valence-electron chi connectivity index (χ4n) is 1.29. The van der Waals surface area contributed by atoms with Gasteiger partial charge in [-0.25, -0.2) is 0 Å². The number of fused-ring (bicyclic) bond motifs is 1. The van der Waals surface area contributed by atoms with Crippen molar-refractivity contribution in [2.45, 2.75) is 6.92 Å². The van der Waals surface area contributed by atoms with Crippen LogP contribution in [0.5, 0.6) is 0 Å². The first kappa shape index (κ1) is 9.61. The minimum Gasteiger partial charge on any atom is -0.258 e. The molecule has 0 aliphatic rings. The maximum atomic E-state index is 10.6. The molecule has 1 aromatic heterocycles. The molecule has 0 N–H and O–H groups in total. The molecule has 2 aromatic rings. The number of aryl methyl sites for hydroxylation is 1. The highest BCUT2D eigenvalue weighted by atomic mass is 79.9. The van der Waals surface area contributed by atoms with E-state index in [1.54, 1.807) is 23.5 Å². The van der Waals surface area contributed by atoms with Crippen LogP contribution in [0.25, 0.3) is 10.1 Å². The molecule has 1 heterocycles. The van der Waals surface area contributed by atoms with Crippen molar-refractivity contribution < 1.29 is 4.92 Å². The van der Waals surface area contributed by atoms with E-state index in [0.717, 1.165) is 19.4 Å². The summed E-state index contributed by atoms with van der Waals surface area (Å²) in [6, 6.07) is 4.92. The first-order chi connectivity index (χ1) is 6.59. The highest BCUT2D eigenvalue weighted by molar-refractivity contribution is 9.10. The number of non-ortho nitro benzene ring substituents is 1. The molecule has 2 rings (SSSR count). The van der Waals surface area contributed by atoms with Crippen LogP contribution in [0.1, 0.15) is 4.88 Å². The van der Waals surface area contributed by atoms with Crippen LogP contribution in [0.4, 0.5) is 5.69 Å². The van der Waals surface area contributed by atoms with Crippen LogP contribution in [-0.4, -0.2) is 4.92 Å². The van der Waals surface area contributed by atoms with Gasteiger partial charge < -0.3 is 0 Å². The number of halogens is 1. The minimum absolute atomic E-state index is 0.135. The molecule has 0 unspecified atom stereocenters. The first-order valence-electron chi connectivity index (χ1n) is 3.92. The van der Waals surface area contributed by atoms with Crippen molar-refractivity contribution in [3.63, 3.8) is 0 Å². The Morgan fingerprint density at radius 2 is 2.21 bits per heavy atom. The lowest BCUT2D eigenvalue weighted by atomic mass is 10.2. The van der Waals surface area contributed by atoms with Gasteiger partial charge in [0.1, 0.15) is 0 Å². The second-order valence-corrected chi connectivity index (χ2v) is 4.96. The normalized spacial score (nSPS) is 10.7. The summed E-state index contributed by atoms with van der Waals surface area (Å²) in [5.41, 5.74) is 0.135. The van der Waals surface area contributed by atoms with E-state index in [1.807, 2.05) is 6.92 Å². The SMILES string of the molecule is Cc1sc2ccc([N+](=O)[O-])cc2c1Br. The summed E-state index contributed by atoms with van der Waals surface area (Å²) < 4.78 is 2.03. The lowest BCUT2D eigenvalue weighted by molar-refractivity contribution is -0.384. The largest absolute Gasteiger partial charge is 0.270 e. The number of benzene rings is 1. The molecular weight excluding hydrogens is 266 g/mol. The van der Waals surface area contributed by atoms with Gasteiger partial charge in [-0.1, -0.05) is 0 Å². The van der Waals surface area contributed by atoms with Crippen LogP contribution in [0, 0.1) is 17.0 Å². The number of nitrogens with zero attached hydrogens (tertiary/aromatic N) is 1. The maximum Gasteiger partial charge on any atom is 0.270 e. The standard InChI is InChI=1S/C9H6BrNO2S/c1-5-9(10)7-4-6(11(12)13)2-3-8(7)14-5/h2-4H,1H3. The van der Waals surface area contributed by atoms with E-state index in [1.165, 1.54) is 6.07 Å². The van der Waals surface area contributed by atoms with Crippen molar-refractivity contribution in [3.8, 4) is 0 Å². The molecule has 0 radical (unpaired) electrons. The lowest BCUT2D eigenvalue weighted by Crippen LogP contribution is -1.85. The van der Waals surface area contributed by atoms with E-state index >= 15 is 0 Å². The molecule has 3 nitrogen and oxygen atoms in total. The van der Waals surface area contributed by atoms with E-state index in [-0.39, 0.29) is 10.6 Å². The highest BCUT2D eigenvalue weighted by Crippen LogP contribution is 2.36. The average Bonchev–Trinajstić information content (AvgIpc) is 2.43. The van der Waals surface area contributed by atoms with Crippen LogP contribution in [-0.2, 0) is 0 Å². The van der Waals surface area contributed by atoms with Gasteiger partial charge in [0.05, 0.1) is 4.92 Å². The Morgan fingerprint density at radius 3 is 2.86 bits per heavy atom. The summed E-state index contributed by atoms with van der Waals surface area (Å²) in [5, 5.41) is 11.5. The van der Waals surface area contributed by atoms with Crippen LogP contribution in [0.2, 0.25) is 0 Å². The Balaban J connectivity index is 2.76. The van der Waals surface area contributed by atoms with Crippen LogP contribution in [0.15, 0.2) is 22.7 Å². The Bertz CT molecular complexity index is 521. The molecular formula is C9H6BrNO2S. The third-order valence-electron chi connectivity index (χ3n) is 1.98. The topological polar surface area (TPSA) is 43.1 Å². The van der Waals surface area contributed by atoms with E-state index < -0.39 is 0 Å². The fourth-order valence-corrected chi connectivity index (χ4v) is 2.93. The number of hydrogen-bond donors (Lipinski definition) is 0. The third-order valence-corrected chi connectivity index (χ3v) is 4.35.